The van der Waals surface area contributed by atoms with Crippen LogP contribution in [0.25, 0.3) is 6.08 Å². The van der Waals surface area contributed by atoms with Crippen molar-refractivity contribution >= 4 is 46.0 Å². The van der Waals surface area contributed by atoms with Crippen molar-refractivity contribution in [2.24, 2.45) is 0 Å². The summed E-state index contributed by atoms with van der Waals surface area (Å²) in [6, 6.07) is 8.62. The largest absolute Gasteiger partial charge is 0.426 e. The lowest BCUT2D eigenvalue weighted by Gasteiger charge is -2.20. The third-order valence-corrected chi connectivity index (χ3v) is 16.1. The lowest BCUT2D eigenvalue weighted by atomic mass is 10.2. The van der Waals surface area contributed by atoms with Gasteiger partial charge in [0, 0.05) is 23.3 Å². The van der Waals surface area contributed by atoms with E-state index < -0.39 is 8.31 Å². The molecule has 7 radical (unpaired) electrons. The molecule has 14 heavy (non-hydrogen) atoms. The van der Waals surface area contributed by atoms with Gasteiger partial charge in [0.15, 0.2) is 0 Å². The Kier molecular flexibility index (Phi) is 3.71. The van der Waals surface area contributed by atoms with Crippen LogP contribution >= 0.6 is 0 Å². The van der Waals surface area contributed by atoms with Gasteiger partial charge in [-0.3, -0.25) is 0 Å². The molecular formula is C9H9OSi4. The molecule has 1 aliphatic rings. The third kappa shape index (κ3) is 2.23. The zero-order valence-electron chi connectivity index (χ0n) is 7.71. The van der Waals surface area contributed by atoms with Crippen LogP contribution in [-0.4, -0.2) is 40.9 Å². The van der Waals surface area contributed by atoms with Gasteiger partial charge >= 0.3 is 0 Å². The van der Waals surface area contributed by atoms with E-state index in [4.69, 9.17) is 4.43 Å². The Morgan fingerprint density at radius 3 is 3.00 bits per heavy atom. The molecule has 1 aliphatic heterocycles. The summed E-state index contributed by atoms with van der Waals surface area (Å²) in [5.74, 6) is 0. The summed E-state index contributed by atoms with van der Waals surface area (Å²) in [5, 5.41) is 1.52. The number of hydrogen-bond acceptors (Lipinski definition) is 1. The maximum atomic E-state index is 5.59. The molecule has 67 valence electrons. The highest BCUT2D eigenvalue weighted by atomic mass is 29.7. The molecule has 0 N–H and O–H groups in total. The second kappa shape index (κ2) is 5.03. The van der Waals surface area contributed by atoms with Crippen LogP contribution in [0.15, 0.2) is 30.8 Å². The van der Waals surface area contributed by atoms with Crippen LogP contribution in [0.1, 0.15) is 5.56 Å². The lowest BCUT2D eigenvalue weighted by Crippen LogP contribution is -2.51. The molecule has 0 aromatic heterocycles. The first-order valence-electron chi connectivity index (χ1n) is 4.37. The summed E-state index contributed by atoms with van der Waals surface area (Å²) in [6.45, 7) is 3.87. The van der Waals surface area contributed by atoms with E-state index in [2.05, 4.69) is 30.8 Å². The quantitative estimate of drug-likeness (QED) is 0.664. The summed E-state index contributed by atoms with van der Waals surface area (Å²) >= 11 is 0. The highest BCUT2D eigenvalue weighted by Crippen LogP contribution is 2.01. The van der Waals surface area contributed by atoms with E-state index in [1.807, 2.05) is 6.08 Å². The summed E-state index contributed by atoms with van der Waals surface area (Å²) < 4.78 is 5.59. The summed E-state index contributed by atoms with van der Waals surface area (Å²) in [6.07, 6.45) is 2.97. The molecule has 5 heteroatoms. The van der Waals surface area contributed by atoms with Crippen LogP contribution in [0.3, 0.4) is 0 Å². The topological polar surface area (TPSA) is 9.23 Å². The van der Waals surface area contributed by atoms with Crippen LogP contribution in [0.4, 0.5) is 0 Å². The van der Waals surface area contributed by atoms with Crippen molar-refractivity contribution in [1.82, 2.24) is 0 Å². The van der Waals surface area contributed by atoms with Gasteiger partial charge in [-0.1, -0.05) is 42.1 Å². The standard InChI is InChI=1S/C9H9OSi4/c1-2-8-5-3-4-6-9(8)14-7-10-11-12-13-14/h2-6H,1,7H2. The first-order chi connectivity index (χ1) is 6.92. The molecule has 1 nitrogen and oxygen atoms in total. The first-order valence-corrected chi connectivity index (χ1v) is 12.0. The molecule has 1 aromatic carbocycles. The molecule has 0 atom stereocenters. The van der Waals surface area contributed by atoms with Gasteiger partial charge < -0.3 is 4.43 Å². The molecule has 1 aromatic rings. The molecule has 1 heterocycles. The van der Waals surface area contributed by atoms with Crippen LogP contribution in [0.5, 0.6) is 0 Å². The molecule has 0 aliphatic carbocycles. The predicted molar refractivity (Wildman–Crippen MR) is 65.1 cm³/mol. The normalized spacial score (nSPS) is 18.0. The molecule has 1 fully saturated rings. The average Bonchev–Trinajstić information content (AvgIpc) is 2.30. The van der Waals surface area contributed by atoms with Gasteiger partial charge in [0.1, 0.15) is 0 Å². The van der Waals surface area contributed by atoms with Gasteiger partial charge in [-0.05, 0) is 5.56 Å². The Bertz CT molecular complexity index is 322. The smallest absolute Gasteiger partial charge is 0.201 e. The highest BCUT2D eigenvalue weighted by Gasteiger charge is 2.21. The van der Waals surface area contributed by atoms with E-state index in [-0.39, 0.29) is 0 Å². The van der Waals surface area contributed by atoms with E-state index in [1.165, 1.54) is 10.8 Å². The van der Waals surface area contributed by atoms with Crippen molar-refractivity contribution in [3.05, 3.63) is 36.4 Å². The van der Waals surface area contributed by atoms with Crippen molar-refractivity contribution in [1.29, 1.82) is 0 Å². The molecule has 0 saturated carbocycles. The SMILES string of the molecule is C=Cc1ccccc1[Si]1CO[Si][Si][Si]1. The van der Waals surface area contributed by atoms with Crippen LogP contribution in [0, 0.1) is 0 Å². The maximum Gasteiger partial charge on any atom is 0.201 e. The Morgan fingerprint density at radius 2 is 2.29 bits per heavy atom. The van der Waals surface area contributed by atoms with E-state index in [0.717, 1.165) is 32.6 Å². The predicted octanol–water partition coefficient (Wildman–Crippen LogP) is -0.0449. The molecular weight excluding hydrogens is 236 g/mol. The van der Waals surface area contributed by atoms with Crippen molar-refractivity contribution < 1.29 is 4.43 Å². The third-order valence-electron chi connectivity index (χ3n) is 2.06. The average molecular weight is 246 g/mol. The Morgan fingerprint density at radius 1 is 1.43 bits per heavy atom. The Balaban J connectivity index is 2.24. The van der Waals surface area contributed by atoms with Crippen LogP contribution in [-0.2, 0) is 4.43 Å². The fourth-order valence-electron chi connectivity index (χ4n) is 1.38. The fourth-order valence-corrected chi connectivity index (χ4v) is 16.9. The molecule has 2 rings (SSSR count). The molecule has 1 saturated heterocycles. The minimum absolute atomic E-state index is 0.414. The second-order valence-electron chi connectivity index (χ2n) is 2.91. The van der Waals surface area contributed by atoms with E-state index in [0.29, 0.717) is 0 Å². The summed E-state index contributed by atoms with van der Waals surface area (Å²) in [7, 11) is 2.54. The monoisotopic (exact) mass is 245 g/mol. The van der Waals surface area contributed by atoms with Gasteiger partial charge in [-0.15, -0.1) is 0 Å². The van der Waals surface area contributed by atoms with Crippen molar-refractivity contribution in [2.75, 3.05) is 6.23 Å². The van der Waals surface area contributed by atoms with Crippen LogP contribution in [0.2, 0.25) is 0 Å². The lowest BCUT2D eigenvalue weighted by molar-refractivity contribution is 0.419. The molecule has 0 amide bonds. The van der Waals surface area contributed by atoms with E-state index >= 15 is 0 Å². The van der Waals surface area contributed by atoms with Gasteiger partial charge in [-0.25, -0.2) is 0 Å². The molecule has 0 bridgehead atoms. The number of rotatable bonds is 2. The van der Waals surface area contributed by atoms with E-state index in [9.17, 15) is 0 Å². The second-order valence-corrected chi connectivity index (χ2v) is 14.1. The highest BCUT2D eigenvalue weighted by molar-refractivity contribution is 7.51. The Hall–Kier alpha value is -0.212. The van der Waals surface area contributed by atoms with Crippen LogP contribution < -0.4 is 5.19 Å². The zero-order chi connectivity index (χ0) is 9.80. The molecule has 0 spiro atoms. The fraction of sp³-hybridized carbons (Fsp3) is 0.111. The minimum atomic E-state index is -0.414. The minimum Gasteiger partial charge on any atom is -0.426 e. The van der Waals surface area contributed by atoms with Crippen molar-refractivity contribution in [3.63, 3.8) is 0 Å². The van der Waals surface area contributed by atoms with Gasteiger partial charge in [0.05, 0.1) is 8.31 Å². The van der Waals surface area contributed by atoms with Crippen molar-refractivity contribution in [2.45, 2.75) is 0 Å². The van der Waals surface area contributed by atoms with E-state index in [1.54, 1.807) is 0 Å². The van der Waals surface area contributed by atoms with Gasteiger partial charge in [0.25, 0.3) is 0 Å². The Labute approximate surface area is 93.1 Å². The summed E-state index contributed by atoms with van der Waals surface area (Å²) in [5.41, 5.74) is 1.31. The zero-order valence-corrected chi connectivity index (χ0v) is 11.7. The summed E-state index contributed by atoms with van der Waals surface area (Å²) in [4.78, 5) is 0. The van der Waals surface area contributed by atoms with Gasteiger partial charge in [0.2, 0.25) is 9.28 Å². The van der Waals surface area contributed by atoms with Crippen molar-refractivity contribution in [3.8, 4) is 0 Å². The van der Waals surface area contributed by atoms with Gasteiger partial charge in [-0.2, -0.15) is 0 Å². The first kappa shape index (κ1) is 10.3. The number of hydrogen-bond donors (Lipinski definition) is 0. The maximum absolute atomic E-state index is 5.59. The molecule has 0 unspecified atom stereocenters. The number of benzene rings is 1.